The molecule has 1 heterocycles. The predicted molar refractivity (Wildman–Crippen MR) is 80.7 cm³/mol. The highest BCUT2D eigenvalue weighted by molar-refractivity contribution is 6.33. The van der Waals surface area contributed by atoms with Crippen LogP contribution in [-0.2, 0) is 0 Å². The molecule has 2 rings (SSSR count). The number of nitrogens with zero attached hydrogens (tertiary/aromatic N) is 1. The van der Waals surface area contributed by atoms with Gasteiger partial charge in [0.25, 0.3) is 5.91 Å². The molecule has 0 saturated carbocycles. The topological polar surface area (TPSA) is 42.0 Å². The van der Waals surface area contributed by atoms with Crippen molar-refractivity contribution < 1.29 is 9.18 Å². The Balaban J connectivity index is 2.23. The molecule has 1 unspecified atom stereocenters. The maximum absolute atomic E-state index is 13.0. The van der Waals surface area contributed by atoms with E-state index in [1.54, 1.807) is 18.2 Å². The molecule has 1 atom stereocenters. The molecule has 1 aromatic heterocycles. The largest absolute Gasteiger partial charge is 0.345 e. The normalized spacial score (nSPS) is 12.2. The lowest BCUT2D eigenvalue weighted by molar-refractivity contribution is 0.0925. The third-order valence-electron chi connectivity index (χ3n) is 3.19. The lowest BCUT2D eigenvalue weighted by Crippen LogP contribution is -2.32. The minimum atomic E-state index is -0.303. The van der Waals surface area contributed by atoms with E-state index in [1.165, 1.54) is 24.5 Å². The highest BCUT2D eigenvalue weighted by atomic mass is 35.5. The van der Waals surface area contributed by atoms with Crippen molar-refractivity contribution in [3.8, 4) is 0 Å². The Morgan fingerprint density at radius 2 is 1.90 bits per heavy atom. The fourth-order valence-electron chi connectivity index (χ4n) is 2.07. The number of aromatic nitrogens is 1. The summed E-state index contributed by atoms with van der Waals surface area (Å²) in [7, 11) is 0. The molecule has 5 heteroatoms. The highest BCUT2D eigenvalue weighted by Crippen LogP contribution is 2.23. The standard InChI is InChI=1S/C16H16ClFN2O/c1-10(2)15(11-3-5-12(18)6-4-11)20-16(21)13-9-19-8-7-14(13)17/h3-10,15H,1-2H3,(H,20,21). The maximum atomic E-state index is 13.0. The predicted octanol–water partition coefficient (Wildman–Crippen LogP) is 4.00. The van der Waals surface area contributed by atoms with Gasteiger partial charge in [0, 0.05) is 12.4 Å². The number of nitrogens with one attached hydrogen (secondary N) is 1. The van der Waals surface area contributed by atoms with Gasteiger partial charge in [-0.15, -0.1) is 0 Å². The van der Waals surface area contributed by atoms with Crippen molar-refractivity contribution in [2.24, 2.45) is 5.92 Å². The molecular formula is C16H16ClFN2O. The molecule has 0 aliphatic rings. The molecule has 0 bridgehead atoms. The first-order valence-electron chi connectivity index (χ1n) is 6.65. The summed E-state index contributed by atoms with van der Waals surface area (Å²) in [6, 6.07) is 7.45. The van der Waals surface area contributed by atoms with Crippen molar-refractivity contribution in [2.75, 3.05) is 0 Å². The average Bonchev–Trinajstić information content (AvgIpc) is 2.46. The fraction of sp³-hybridized carbons (Fsp3) is 0.250. The zero-order chi connectivity index (χ0) is 15.4. The van der Waals surface area contributed by atoms with Gasteiger partial charge in [0.1, 0.15) is 5.82 Å². The molecule has 0 aliphatic carbocycles. The van der Waals surface area contributed by atoms with Gasteiger partial charge >= 0.3 is 0 Å². The number of carbonyl (C=O) groups is 1. The minimum Gasteiger partial charge on any atom is -0.345 e. The molecule has 3 nitrogen and oxygen atoms in total. The summed E-state index contributed by atoms with van der Waals surface area (Å²) in [6.07, 6.45) is 2.96. The van der Waals surface area contributed by atoms with E-state index >= 15 is 0 Å². The van der Waals surface area contributed by atoms with Gasteiger partial charge < -0.3 is 5.32 Å². The fourth-order valence-corrected chi connectivity index (χ4v) is 2.26. The number of halogens is 2. The van der Waals surface area contributed by atoms with E-state index < -0.39 is 0 Å². The molecule has 1 amide bonds. The van der Waals surface area contributed by atoms with Crippen LogP contribution in [0.2, 0.25) is 5.02 Å². The molecular weight excluding hydrogens is 291 g/mol. The first-order valence-corrected chi connectivity index (χ1v) is 7.02. The SMILES string of the molecule is CC(C)C(NC(=O)c1cnccc1Cl)c1ccc(F)cc1. The van der Waals surface area contributed by atoms with E-state index in [2.05, 4.69) is 10.3 Å². The molecule has 21 heavy (non-hydrogen) atoms. The van der Waals surface area contributed by atoms with E-state index in [4.69, 9.17) is 11.6 Å². The Morgan fingerprint density at radius 1 is 1.24 bits per heavy atom. The van der Waals surface area contributed by atoms with Crippen LogP contribution in [0.15, 0.2) is 42.7 Å². The van der Waals surface area contributed by atoms with E-state index in [-0.39, 0.29) is 23.7 Å². The van der Waals surface area contributed by atoms with E-state index in [0.29, 0.717) is 10.6 Å². The van der Waals surface area contributed by atoms with Crippen LogP contribution in [0.5, 0.6) is 0 Å². The van der Waals surface area contributed by atoms with Crippen LogP contribution in [0.1, 0.15) is 35.8 Å². The van der Waals surface area contributed by atoms with Gasteiger partial charge in [-0.05, 0) is 29.7 Å². The molecule has 0 spiro atoms. The molecule has 110 valence electrons. The number of benzene rings is 1. The number of carbonyl (C=O) groups excluding carboxylic acids is 1. The second-order valence-corrected chi connectivity index (χ2v) is 5.51. The van der Waals surface area contributed by atoms with Crippen LogP contribution in [-0.4, -0.2) is 10.9 Å². The quantitative estimate of drug-likeness (QED) is 0.927. The van der Waals surface area contributed by atoms with Gasteiger partial charge in [-0.1, -0.05) is 37.6 Å². The summed E-state index contributed by atoms with van der Waals surface area (Å²) in [5, 5.41) is 3.27. The van der Waals surface area contributed by atoms with Crippen LogP contribution in [0, 0.1) is 11.7 Å². The Labute approximate surface area is 128 Å². The Hall–Kier alpha value is -1.94. The van der Waals surface area contributed by atoms with E-state index in [1.807, 2.05) is 13.8 Å². The maximum Gasteiger partial charge on any atom is 0.254 e. The third-order valence-corrected chi connectivity index (χ3v) is 3.52. The molecule has 0 aliphatic heterocycles. The van der Waals surface area contributed by atoms with Crippen LogP contribution in [0.4, 0.5) is 4.39 Å². The zero-order valence-corrected chi connectivity index (χ0v) is 12.6. The Bertz CT molecular complexity index is 628. The van der Waals surface area contributed by atoms with Gasteiger partial charge in [0.2, 0.25) is 0 Å². The van der Waals surface area contributed by atoms with Crippen LogP contribution in [0.3, 0.4) is 0 Å². The lowest BCUT2D eigenvalue weighted by Gasteiger charge is -2.23. The number of hydrogen-bond donors (Lipinski definition) is 1. The van der Waals surface area contributed by atoms with E-state index in [0.717, 1.165) is 5.56 Å². The second kappa shape index (κ2) is 6.68. The van der Waals surface area contributed by atoms with Gasteiger partial charge in [-0.3, -0.25) is 9.78 Å². The molecule has 1 aromatic carbocycles. The van der Waals surface area contributed by atoms with Crippen molar-refractivity contribution in [1.82, 2.24) is 10.3 Å². The van der Waals surface area contributed by atoms with E-state index in [9.17, 15) is 9.18 Å². The summed E-state index contributed by atoms with van der Waals surface area (Å²) >= 11 is 6.00. The molecule has 0 radical (unpaired) electrons. The summed E-state index contributed by atoms with van der Waals surface area (Å²) < 4.78 is 13.0. The molecule has 0 saturated heterocycles. The van der Waals surface area contributed by atoms with Crippen LogP contribution >= 0.6 is 11.6 Å². The van der Waals surface area contributed by atoms with Crippen molar-refractivity contribution in [3.05, 3.63) is 64.7 Å². The number of pyridine rings is 1. The Morgan fingerprint density at radius 3 is 2.48 bits per heavy atom. The summed E-state index contributed by atoms with van der Waals surface area (Å²) in [6.45, 7) is 3.97. The number of amides is 1. The summed E-state index contributed by atoms with van der Waals surface area (Å²) in [5.41, 5.74) is 1.17. The first kappa shape index (κ1) is 15.4. The first-order chi connectivity index (χ1) is 9.99. The van der Waals surface area contributed by atoms with Gasteiger partial charge in [-0.2, -0.15) is 0 Å². The van der Waals surface area contributed by atoms with Crippen LogP contribution in [0.25, 0.3) is 0 Å². The van der Waals surface area contributed by atoms with Crippen LogP contribution < -0.4 is 5.32 Å². The van der Waals surface area contributed by atoms with Gasteiger partial charge in [-0.25, -0.2) is 4.39 Å². The van der Waals surface area contributed by atoms with Crippen molar-refractivity contribution in [2.45, 2.75) is 19.9 Å². The Kier molecular flexibility index (Phi) is 4.91. The molecule has 0 fully saturated rings. The monoisotopic (exact) mass is 306 g/mol. The summed E-state index contributed by atoms with van der Waals surface area (Å²) in [4.78, 5) is 16.2. The minimum absolute atomic E-state index is 0.148. The lowest BCUT2D eigenvalue weighted by atomic mass is 9.95. The average molecular weight is 307 g/mol. The van der Waals surface area contributed by atoms with Crippen molar-refractivity contribution >= 4 is 17.5 Å². The third kappa shape index (κ3) is 3.79. The smallest absolute Gasteiger partial charge is 0.254 e. The van der Waals surface area contributed by atoms with Gasteiger partial charge in [0.05, 0.1) is 16.6 Å². The van der Waals surface area contributed by atoms with Gasteiger partial charge in [0.15, 0.2) is 0 Å². The number of hydrogen-bond acceptors (Lipinski definition) is 2. The zero-order valence-electron chi connectivity index (χ0n) is 11.8. The molecule has 2 aromatic rings. The summed E-state index contributed by atoms with van der Waals surface area (Å²) in [5.74, 6) is -0.450. The molecule has 1 N–H and O–H groups in total. The second-order valence-electron chi connectivity index (χ2n) is 5.10. The number of rotatable bonds is 4. The highest BCUT2D eigenvalue weighted by Gasteiger charge is 2.20. The van der Waals surface area contributed by atoms with Crippen molar-refractivity contribution in [1.29, 1.82) is 0 Å². The van der Waals surface area contributed by atoms with Crippen molar-refractivity contribution in [3.63, 3.8) is 0 Å².